The van der Waals surface area contributed by atoms with Gasteiger partial charge >= 0.3 is 0 Å². The van der Waals surface area contributed by atoms with E-state index in [1.54, 1.807) is 13.0 Å². The van der Waals surface area contributed by atoms with Crippen LogP contribution in [0.5, 0.6) is 0 Å². The standard InChI is InChI=1S/C13H13N3O3S/c1-9(17)20-7-3-2-4-12-11-6-5-10(16(18)19)8-13(11)15-14-12/h2,4-6,8H,3,7H2,1H3,(H,14,15). The number of aromatic amines is 1. The van der Waals surface area contributed by atoms with E-state index < -0.39 is 4.92 Å². The molecule has 1 aromatic heterocycles. The molecule has 104 valence electrons. The zero-order valence-electron chi connectivity index (χ0n) is 10.8. The van der Waals surface area contributed by atoms with E-state index in [2.05, 4.69) is 10.2 Å². The van der Waals surface area contributed by atoms with Crippen molar-refractivity contribution < 1.29 is 9.72 Å². The number of thioether (sulfide) groups is 1. The number of benzene rings is 1. The molecule has 0 atom stereocenters. The highest BCUT2D eigenvalue weighted by molar-refractivity contribution is 8.13. The van der Waals surface area contributed by atoms with Crippen molar-refractivity contribution in [2.75, 3.05) is 5.75 Å². The smallest absolute Gasteiger partial charge is 0.271 e. The molecule has 6 nitrogen and oxygen atoms in total. The third kappa shape index (κ3) is 3.45. The molecule has 0 radical (unpaired) electrons. The van der Waals surface area contributed by atoms with Crippen LogP contribution >= 0.6 is 11.8 Å². The Morgan fingerprint density at radius 1 is 1.55 bits per heavy atom. The lowest BCUT2D eigenvalue weighted by atomic mass is 10.2. The molecular weight excluding hydrogens is 278 g/mol. The SMILES string of the molecule is CC(=O)SCCC=Cc1n[nH]c2cc([N+](=O)[O-])ccc12. The van der Waals surface area contributed by atoms with Crippen molar-refractivity contribution in [2.24, 2.45) is 0 Å². The molecule has 0 spiro atoms. The summed E-state index contributed by atoms with van der Waals surface area (Å²) in [4.78, 5) is 21.0. The zero-order chi connectivity index (χ0) is 14.5. The first-order valence-corrected chi connectivity index (χ1v) is 6.99. The maximum atomic E-state index is 10.8. The molecule has 20 heavy (non-hydrogen) atoms. The van der Waals surface area contributed by atoms with E-state index >= 15 is 0 Å². The minimum absolute atomic E-state index is 0.0366. The van der Waals surface area contributed by atoms with Crippen LogP contribution in [-0.2, 0) is 4.79 Å². The van der Waals surface area contributed by atoms with Crippen molar-refractivity contribution in [1.82, 2.24) is 10.2 Å². The summed E-state index contributed by atoms with van der Waals surface area (Å²) >= 11 is 1.28. The van der Waals surface area contributed by atoms with Crippen LogP contribution in [0.4, 0.5) is 5.69 Å². The summed E-state index contributed by atoms with van der Waals surface area (Å²) in [5.41, 5.74) is 1.41. The third-order valence-electron chi connectivity index (χ3n) is 2.65. The van der Waals surface area contributed by atoms with Gasteiger partial charge in [0.15, 0.2) is 5.12 Å². The van der Waals surface area contributed by atoms with Crippen molar-refractivity contribution in [3.05, 3.63) is 40.1 Å². The Bertz CT molecular complexity index is 679. The molecular formula is C13H13N3O3S. The van der Waals surface area contributed by atoms with Crippen LogP contribution in [0.1, 0.15) is 19.0 Å². The van der Waals surface area contributed by atoms with Gasteiger partial charge in [-0.2, -0.15) is 5.10 Å². The highest BCUT2D eigenvalue weighted by Crippen LogP contribution is 2.22. The molecule has 0 bridgehead atoms. The fraction of sp³-hybridized carbons (Fsp3) is 0.231. The number of H-pyrrole nitrogens is 1. The molecule has 0 amide bonds. The molecule has 0 saturated carbocycles. The number of nitro benzene ring substituents is 1. The van der Waals surface area contributed by atoms with Gasteiger partial charge in [0.1, 0.15) is 0 Å². The molecule has 0 aliphatic heterocycles. The molecule has 0 aliphatic rings. The van der Waals surface area contributed by atoms with Crippen LogP contribution in [0, 0.1) is 10.1 Å². The number of nitro groups is 1. The topological polar surface area (TPSA) is 88.9 Å². The number of carbonyl (C=O) groups is 1. The number of allylic oxidation sites excluding steroid dienone is 1. The van der Waals surface area contributed by atoms with Gasteiger partial charge in [0.2, 0.25) is 0 Å². The second-order valence-corrected chi connectivity index (χ2v) is 5.40. The molecule has 1 aromatic carbocycles. The second-order valence-electron chi connectivity index (χ2n) is 4.13. The lowest BCUT2D eigenvalue weighted by Crippen LogP contribution is -1.86. The monoisotopic (exact) mass is 291 g/mol. The number of nitrogens with one attached hydrogen (secondary N) is 1. The van der Waals surface area contributed by atoms with E-state index in [0.29, 0.717) is 5.52 Å². The van der Waals surface area contributed by atoms with Crippen LogP contribution in [-0.4, -0.2) is 26.0 Å². The minimum Gasteiger partial charge on any atom is -0.288 e. The van der Waals surface area contributed by atoms with E-state index in [-0.39, 0.29) is 10.8 Å². The Morgan fingerprint density at radius 2 is 2.35 bits per heavy atom. The fourth-order valence-corrected chi connectivity index (χ4v) is 2.28. The first kappa shape index (κ1) is 14.3. The van der Waals surface area contributed by atoms with Crippen molar-refractivity contribution in [2.45, 2.75) is 13.3 Å². The summed E-state index contributed by atoms with van der Waals surface area (Å²) in [5, 5.41) is 18.5. The number of hydrogen-bond acceptors (Lipinski definition) is 5. The molecule has 0 fully saturated rings. The van der Waals surface area contributed by atoms with Crippen molar-refractivity contribution >= 4 is 39.5 Å². The Hall–Kier alpha value is -2.15. The minimum atomic E-state index is -0.436. The summed E-state index contributed by atoms with van der Waals surface area (Å²) in [6.07, 6.45) is 4.56. The predicted octanol–water partition coefficient (Wildman–Crippen LogP) is 3.15. The van der Waals surface area contributed by atoms with Crippen molar-refractivity contribution in [3.63, 3.8) is 0 Å². The molecule has 1 heterocycles. The fourth-order valence-electron chi connectivity index (χ4n) is 1.74. The van der Waals surface area contributed by atoms with Gasteiger partial charge in [-0.25, -0.2) is 0 Å². The van der Waals surface area contributed by atoms with E-state index in [0.717, 1.165) is 23.3 Å². The maximum absolute atomic E-state index is 10.8. The summed E-state index contributed by atoms with van der Waals surface area (Å²) in [5.74, 6) is 0.736. The maximum Gasteiger partial charge on any atom is 0.271 e. The Labute approximate surface area is 119 Å². The normalized spacial score (nSPS) is 11.2. The first-order valence-electron chi connectivity index (χ1n) is 6.00. The predicted molar refractivity (Wildman–Crippen MR) is 79.5 cm³/mol. The van der Waals surface area contributed by atoms with E-state index in [9.17, 15) is 14.9 Å². The Kier molecular flexibility index (Phi) is 4.52. The van der Waals surface area contributed by atoms with Crippen LogP contribution in [0.3, 0.4) is 0 Å². The largest absolute Gasteiger partial charge is 0.288 e. The van der Waals surface area contributed by atoms with Crippen LogP contribution in [0.25, 0.3) is 17.0 Å². The van der Waals surface area contributed by atoms with Crippen LogP contribution in [0.15, 0.2) is 24.3 Å². The van der Waals surface area contributed by atoms with Gasteiger partial charge in [-0.15, -0.1) is 0 Å². The van der Waals surface area contributed by atoms with Crippen molar-refractivity contribution in [3.8, 4) is 0 Å². The molecule has 1 N–H and O–H groups in total. The lowest BCUT2D eigenvalue weighted by Gasteiger charge is -1.93. The average Bonchev–Trinajstić information content (AvgIpc) is 2.80. The summed E-state index contributed by atoms with van der Waals surface area (Å²) in [6.45, 7) is 1.54. The van der Waals surface area contributed by atoms with Crippen LogP contribution in [0.2, 0.25) is 0 Å². The summed E-state index contributed by atoms with van der Waals surface area (Å²) in [7, 11) is 0. The Morgan fingerprint density at radius 3 is 3.05 bits per heavy atom. The first-order chi connectivity index (χ1) is 9.58. The van der Waals surface area contributed by atoms with Gasteiger partial charge in [-0.05, 0) is 18.6 Å². The van der Waals surface area contributed by atoms with Gasteiger partial charge in [0.05, 0.1) is 16.1 Å². The third-order valence-corrected chi connectivity index (χ3v) is 3.50. The number of non-ortho nitro benzene ring substituents is 1. The number of nitrogens with zero attached hydrogens (tertiary/aromatic N) is 2. The second kappa shape index (κ2) is 6.33. The van der Waals surface area contributed by atoms with Gasteiger partial charge in [-0.1, -0.05) is 17.8 Å². The van der Waals surface area contributed by atoms with E-state index in [1.807, 2.05) is 12.2 Å². The van der Waals surface area contributed by atoms with Gasteiger partial charge in [0, 0.05) is 30.2 Å². The lowest BCUT2D eigenvalue weighted by molar-refractivity contribution is -0.384. The number of rotatable bonds is 5. The average molecular weight is 291 g/mol. The number of hydrogen-bond donors (Lipinski definition) is 1. The molecule has 0 saturated heterocycles. The molecule has 0 aliphatic carbocycles. The van der Waals surface area contributed by atoms with Crippen molar-refractivity contribution in [1.29, 1.82) is 0 Å². The van der Waals surface area contributed by atoms with Gasteiger partial charge in [-0.3, -0.25) is 20.0 Å². The van der Waals surface area contributed by atoms with E-state index in [1.165, 1.54) is 23.9 Å². The molecule has 7 heteroatoms. The number of fused-ring (bicyclic) bond motifs is 1. The quantitative estimate of drug-likeness (QED) is 0.519. The van der Waals surface area contributed by atoms with Gasteiger partial charge < -0.3 is 0 Å². The van der Waals surface area contributed by atoms with Gasteiger partial charge in [0.25, 0.3) is 5.69 Å². The van der Waals surface area contributed by atoms with Crippen LogP contribution < -0.4 is 0 Å². The highest BCUT2D eigenvalue weighted by atomic mass is 32.2. The summed E-state index contributed by atoms with van der Waals surface area (Å²) in [6, 6.07) is 4.60. The number of aromatic nitrogens is 2. The molecule has 0 unspecified atom stereocenters. The molecule has 2 aromatic rings. The summed E-state index contributed by atoms with van der Waals surface area (Å²) < 4.78 is 0. The number of carbonyl (C=O) groups excluding carboxylic acids is 1. The van der Waals surface area contributed by atoms with E-state index in [4.69, 9.17) is 0 Å². The molecule has 2 rings (SSSR count). The highest BCUT2D eigenvalue weighted by Gasteiger charge is 2.09. The zero-order valence-corrected chi connectivity index (χ0v) is 11.6. The Balaban J connectivity index is 2.09.